The molecule has 0 spiro atoms. The van der Waals surface area contributed by atoms with Crippen LogP contribution in [0, 0.1) is 5.92 Å². The maximum absolute atomic E-state index is 12.8. The zero-order valence-electron chi connectivity index (χ0n) is 16.8. The number of piperidine rings is 1. The number of fused-ring (bicyclic) bond motifs is 1. The molecule has 4 rings (SSSR count). The Kier molecular flexibility index (Phi) is 6.25. The Labute approximate surface area is 172 Å². The number of nitrogens with one attached hydrogen (secondary N) is 1. The van der Waals surface area contributed by atoms with Gasteiger partial charge in [-0.25, -0.2) is 0 Å². The molecule has 0 unspecified atom stereocenters. The third kappa shape index (κ3) is 5.04. The maximum atomic E-state index is 12.8. The molecule has 0 saturated carbocycles. The Morgan fingerprint density at radius 3 is 2.34 bits per heavy atom. The van der Waals surface area contributed by atoms with Crippen molar-refractivity contribution >= 4 is 11.8 Å². The summed E-state index contributed by atoms with van der Waals surface area (Å²) in [6.45, 7) is 4.16. The SMILES string of the molecule is O=C(NCc1ccccc1)C1CCN(CC(=O)N2CCc3ccccc3C2)CC1. The summed E-state index contributed by atoms with van der Waals surface area (Å²) in [5, 5.41) is 3.05. The summed E-state index contributed by atoms with van der Waals surface area (Å²) < 4.78 is 0. The molecule has 2 aromatic rings. The van der Waals surface area contributed by atoms with E-state index < -0.39 is 0 Å². The molecular weight excluding hydrogens is 362 g/mol. The number of benzene rings is 2. The standard InChI is InChI=1S/C24H29N3O2/c28-23(27-15-12-20-8-4-5-9-22(20)17-27)18-26-13-10-21(11-14-26)24(29)25-16-19-6-2-1-3-7-19/h1-9,21H,10-18H2,(H,25,29). The monoisotopic (exact) mass is 391 g/mol. The van der Waals surface area contributed by atoms with Gasteiger partial charge in [0.1, 0.15) is 0 Å². The molecule has 2 aromatic carbocycles. The van der Waals surface area contributed by atoms with Crippen LogP contribution in [-0.4, -0.2) is 47.8 Å². The first kappa shape index (κ1) is 19.6. The van der Waals surface area contributed by atoms with Crippen LogP contribution in [0.15, 0.2) is 54.6 Å². The maximum Gasteiger partial charge on any atom is 0.237 e. The van der Waals surface area contributed by atoms with Gasteiger partial charge in [-0.1, -0.05) is 54.6 Å². The molecule has 0 atom stereocenters. The molecule has 2 heterocycles. The number of amides is 2. The molecule has 0 aromatic heterocycles. The molecule has 29 heavy (non-hydrogen) atoms. The van der Waals surface area contributed by atoms with Crippen molar-refractivity contribution in [3.8, 4) is 0 Å². The van der Waals surface area contributed by atoms with Crippen LogP contribution < -0.4 is 5.32 Å². The van der Waals surface area contributed by atoms with Crippen LogP contribution in [0.25, 0.3) is 0 Å². The van der Waals surface area contributed by atoms with Crippen molar-refractivity contribution in [1.29, 1.82) is 0 Å². The lowest BCUT2D eigenvalue weighted by Gasteiger charge is -2.34. The Morgan fingerprint density at radius 2 is 1.59 bits per heavy atom. The predicted octanol–water partition coefficient (Wildman–Crippen LogP) is 2.60. The van der Waals surface area contributed by atoms with E-state index in [2.05, 4.69) is 28.4 Å². The van der Waals surface area contributed by atoms with Crippen molar-refractivity contribution < 1.29 is 9.59 Å². The summed E-state index contributed by atoms with van der Waals surface area (Å²) in [5.74, 6) is 0.380. The highest BCUT2D eigenvalue weighted by Gasteiger charge is 2.27. The first-order valence-electron chi connectivity index (χ1n) is 10.6. The molecule has 0 aliphatic carbocycles. The number of rotatable bonds is 5. The Hall–Kier alpha value is -2.66. The number of hydrogen-bond donors (Lipinski definition) is 1. The normalized spacial score (nSPS) is 17.6. The van der Waals surface area contributed by atoms with E-state index in [9.17, 15) is 9.59 Å². The Bertz CT molecular complexity index is 844. The van der Waals surface area contributed by atoms with Gasteiger partial charge in [0, 0.05) is 25.6 Å². The van der Waals surface area contributed by atoms with Crippen LogP contribution in [-0.2, 0) is 29.1 Å². The van der Waals surface area contributed by atoms with Gasteiger partial charge in [0.05, 0.1) is 6.54 Å². The highest BCUT2D eigenvalue weighted by Crippen LogP contribution is 2.20. The molecule has 1 N–H and O–H groups in total. The van der Waals surface area contributed by atoms with E-state index in [-0.39, 0.29) is 17.7 Å². The number of likely N-dealkylation sites (tertiary alicyclic amines) is 1. The van der Waals surface area contributed by atoms with Crippen LogP contribution in [0.4, 0.5) is 0 Å². The minimum Gasteiger partial charge on any atom is -0.352 e. The van der Waals surface area contributed by atoms with E-state index >= 15 is 0 Å². The highest BCUT2D eigenvalue weighted by atomic mass is 16.2. The molecular formula is C24H29N3O2. The number of nitrogens with zero attached hydrogens (tertiary/aromatic N) is 2. The highest BCUT2D eigenvalue weighted by molar-refractivity contribution is 5.79. The van der Waals surface area contributed by atoms with Gasteiger partial charge in [-0.05, 0) is 49.0 Å². The van der Waals surface area contributed by atoms with Crippen molar-refractivity contribution in [2.45, 2.75) is 32.4 Å². The van der Waals surface area contributed by atoms with E-state index in [0.717, 1.165) is 44.5 Å². The van der Waals surface area contributed by atoms with Crippen molar-refractivity contribution in [3.05, 3.63) is 71.3 Å². The number of carbonyl (C=O) groups is 2. The van der Waals surface area contributed by atoms with Gasteiger partial charge in [-0.2, -0.15) is 0 Å². The smallest absolute Gasteiger partial charge is 0.237 e. The number of hydrogen-bond acceptors (Lipinski definition) is 3. The van der Waals surface area contributed by atoms with Crippen LogP contribution >= 0.6 is 0 Å². The average molecular weight is 392 g/mol. The van der Waals surface area contributed by atoms with Crippen molar-refractivity contribution in [2.75, 3.05) is 26.2 Å². The van der Waals surface area contributed by atoms with Crippen molar-refractivity contribution in [1.82, 2.24) is 15.1 Å². The van der Waals surface area contributed by atoms with Gasteiger partial charge in [-0.15, -0.1) is 0 Å². The summed E-state index contributed by atoms with van der Waals surface area (Å²) in [6.07, 6.45) is 2.57. The average Bonchev–Trinajstić information content (AvgIpc) is 2.78. The minimum atomic E-state index is 0.0481. The molecule has 5 nitrogen and oxygen atoms in total. The zero-order chi connectivity index (χ0) is 20.1. The van der Waals surface area contributed by atoms with E-state index in [0.29, 0.717) is 19.6 Å². The zero-order valence-corrected chi connectivity index (χ0v) is 16.8. The van der Waals surface area contributed by atoms with Crippen LogP contribution in [0.5, 0.6) is 0 Å². The number of carbonyl (C=O) groups excluding carboxylic acids is 2. The molecule has 5 heteroatoms. The van der Waals surface area contributed by atoms with E-state index in [1.807, 2.05) is 41.3 Å². The third-order valence-corrected chi connectivity index (χ3v) is 6.11. The molecule has 1 fully saturated rings. The second-order valence-corrected chi connectivity index (χ2v) is 8.09. The largest absolute Gasteiger partial charge is 0.352 e. The molecule has 1 saturated heterocycles. The molecule has 0 radical (unpaired) electrons. The molecule has 152 valence electrons. The minimum absolute atomic E-state index is 0.0481. The quantitative estimate of drug-likeness (QED) is 0.852. The topological polar surface area (TPSA) is 52.7 Å². The molecule has 2 aliphatic rings. The molecule has 2 aliphatic heterocycles. The predicted molar refractivity (Wildman–Crippen MR) is 113 cm³/mol. The Balaban J connectivity index is 1.21. The third-order valence-electron chi connectivity index (χ3n) is 6.11. The van der Waals surface area contributed by atoms with E-state index in [1.165, 1.54) is 11.1 Å². The van der Waals surface area contributed by atoms with E-state index in [4.69, 9.17) is 0 Å². The fourth-order valence-electron chi connectivity index (χ4n) is 4.28. The fraction of sp³-hybridized carbons (Fsp3) is 0.417. The Morgan fingerprint density at radius 1 is 0.897 bits per heavy atom. The van der Waals surface area contributed by atoms with Gasteiger partial charge in [-0.3, -0.25) is 14.5 Å². The lowest BCUT2D eigenvalue weighted by Crippen LogP contribution is -2.46. The lowest BCUT2D eigenvalue weighted by molar-refractivity contribution is -0.134. The van der Waals surface area contributed by atoms with Gasteiger partial charge in [0.15, 0.2) is 0 Å². The summed E-state index contributed by atoms with van der Waals surface area (Å²) >= 11 is 0. The van der Waals surface area contributed by atoms with Crippen molar-refractivity contribution in [3.63, 3.8) is 0 Å². The first-order chi connectivity index (χ1) is 14.2. The second kappa shape index (κ2) is 9.23. The van der Waals surface area contributed by atoms with Crippen LogP contribution in [0.3, 0.4) is 0 Å². The van der Waals surface area contributed by atoms with Crippen molar-refractivity contribution in [2.24, 2.45) is 5.92 Å². The fourth-order valence-corrected chi connectivity index (χ4v) is 4.28. The van der Waals surface area contributed by atoms with Crippen LogP contribution in [0.2, 0.25) is 0 Å². The summed E-state index contributed by atoms with van der Waals surface area (Å²) in [4.78, 5) is 29.4. The molecule has 0 bridgehead atoms. The second-order valence-electron chi connectivity index (χ2n) is 8.09. The van der Waals surface area contributed by atoms with Gasteiger partial charge >= 0.3 is 0 Å². The molecule has 2 amide bonds. The van der Waals surface area contributed by atoms with Gasteiger partial charge < -0.3 is 10.2 Å². The summed E-state index contributed by atoms with van der Waals surface area (Å²) in [6, 6.07) is 18.4. The van der Waals surface area contributed by atoms with Gasteiger partial charge in [0.2, 0.25) is 11.8 Å². The van der Waals surface area contributed by atoms with E-state index in [1.54, 1.807) is 0 Å². The van der Waals surface area contributed by atoms with Crippen LogP contribution in [0.1, 0.15) is 29.5 Å². The lowest BCUT2D eigenvalue weighted by atomic mass is 9.95. The first-order valence-corrected chi connectivity index (χ1v) is 10.6. The summed E-state index contributed by atoms with van der Waals surface area (Å²) in [7, 11) is 0. The van der Waals surface area contributed by atoms with Gasteiger partial charge in [0.25, 0.3) is 0 Å². The summed E-state index contributed by atoms with van der Waals surface area (Å²) in [5.41, 5.74) is 3.74.